The van der Waals surface area contributed by atoms with Crippen LogP contribution in [0.15, 0.2) is 18.2 Å². The lowest BCUT2D eigenvalue weighted by molar-refractivity contribution is 0.0764. The van der Waals surface area contributed by atoms with E-state index in [1.54, 1.807) is 18.2 Å². The fraction of sp³-hybridized carbons (Fsp3) is 0.417. The van der Waals surface area contributed by atoms with Crippen molar-refractivity contribution in [2.45, 2.75) is 19.4 Å². The summed E-state index contributed by atoms with van der Waals surface area (Å²) in [7, 11) is 0. The van der Waals surface area contributed by atoms with Gasteiger partial charge in [-0.1, -0.05) is 29.3 Å². The number of carbonyl (C=O) groups excluding carboxylic acids is 1. The van der Waals surface area contributed by atoms with Crippen LogP contribution in [0.3, 0.4) is 0 Å². The Kier molecular flexibility index (Phi) is 3.53. The summed E-state index contributed by atoms with van der Waals surface area (Å²) in [5, 5.41) is 0.757. The molecular weight excluding hydrogens is 247 g/mol. The van der Waals surface area contributed by atoms with Gasteiger partial charge in [-0.3, -0.25) is 4.79 Å². The number of rotatable bonds is 2. The van der Waals surface area contributed by atoms with E-state index in [0.717, 1.165) is 6.42 Å². The molecule has 0 spiro atoms. The lowest BCUT2D eigenvalue weighted by atomic mass is 9.92. The van der Waals surface area contributed by atoms with Crippen LogP contribution in [0.2, 0.25) is 10.0 Å². The van der Waals surface area contributed by atoms with Crippen LogP contribution in [-0.2, 0) is 4.74 Å². The van der Waals surface area contributed by atoms with Gasteiger partial charge >= 0.3 is 0 Å². The maximum atomic E-state index is 12.2. The second-order valence-electron chi connectivity index (χ2n) is 3.94. The summed E-state index contributed by atoms with van der Waals surface area (Å²) in [6, 6.07) is 5.12. The highest BCUT2D eigenvalue weighted by molar-refractivity contribution is 6.44. The van der Waals surface area contributed by atoms with Gasteiger partial charge in [-0.25, -0.2) is 0 Å². The molecule has 1 heterocycles. The van der Waals surface area contributed by atoms with E-state index in [2.05, 4.69) is 0 Å². The number of hydrogen-bond acceptors (Lipinski definition) is 2. The van der Waals surface area contributed by atoms with Crippen molar-refractivity contribution in [3.63, 3.8) is 0 Å². The Hall–Kier alpha value is -0.570. The van der Waals surface area contributed by atoms with E-state index in [4.69, 9.17) is 27.9 Å². The molecule has 86 valence electrons. The van der Waals surface area contributed by atoms with E-state index in [0.29, 0.717) is 22.2 Å². The highest BCUT2D eigenvalue weighted by atomic mass is 35.5. The minimum Gasteiger partial charge on any atom is -0.378 e. The first-order valence-electron chi connectivity index (χ1n) is 5.21. The molecule has 16 heavy (non-hydrogen) atoms. The van der Waals surface area contributed by atoms with Crippen LogP contribution in [0.1, 0.15) is 23.7 Å². The quantitative estimate of drug-likeness (QED) is 0.758. The molecule has 2 rings (SSSR count). The average Bonchev–Trinajstić information content (AvgIpc) is 2.68. The second-order valence-corrected chi connectivity index (χ2v) is 4.72. The number of halogens is 2. The van der Waals surface area contributed by atoms with Crippen LogP contribution >= 0.6 is 23.2 Å². The SMILES string of the molecule is CC1OCCC1C(=O)c1cccc(Cl)c1Cl. The first-order chi connectivity index (χ1) is 7.61. The molecule has 0 N–H and O–H groups in total. The highest BCUT2D eigenvalue weighted by Crippen LogP contribution is 2.31. The Morgan fingerprint density at radius 1 is 1.44 bits per heavy atom. The fourth-order valence-corrected chi connectivity index (χ4v) is 2.36. The number of benzene rings is 1. The zero-order valence-electron chi connectivity index (χ0n) is 8.87. The number of ketones is 1. The summed E-state index contributed by atoms with van der Waals surface area (Å²) in [4.78, 5) is 12.2. The van der Waals surface area contributed by atoms with Crippen molar-refractivity contribution < 1.29 is 9.53 Å². The van der Waals surface area contributed by atoms with E-state index in [1.165, 1.54) is 0 Å². The van der Waals surface area contributed by atoms with E-state index < -0.39 is 0 Å². The van der Waals surface area contributed by atoms with Crippen LogP contribution in [-0.4, -0.2) is 18.5 Å². The molecule has 0 aliphatic carbocycles. The van der Waals surface area contributed by atoms with Crippen molar-refractivity contribution >= 4 is 29.0 Å². The average molecular weight is 259 g/mol. The molecule has 0 saturated carbocycles. The van der Waals surface area contributed by atoms with Crippen molar-refractivity contribution in [1.29, 1.82) is 0 Å². The molecule has 0 radical (unpaired) electrons. The van der Waals surface area contributed by atoms with Crippen LogP contribution in [0.5, 0.6) is 0 Å². The third-order valence-electron chi connectivity index (χ3n) is 2.93. The number of hydrogen-bond donors (Lipinski definition) is 0. The van der Waals surface area contributed by atoms with Gasteiger partial charge in [-0.05, 0) is 25.5 Å². The molecule has 2 atom stereocenters. The predicted octanol–water partition coefficient (Wildman–Crippen LogP) is 3.60. The number of Topliss-reactive ketones (excluding diaryl/α,β-unsaturated/α-hetero) is 1. The molecule has 2 unspecified atom stereocenters. The van der Waals surface area contributed by atoms with Gasteiger partial charge in [-0.15, -0.1) is 0 Å². The minimum absolute atomic E-state index is 0.0255. The largest absolute Gasteiger partial charge is 0.378 e. The van der Waals surface area contributed by atoms with E-state index in [1.807, 2.05) is 6.92 Å². The summed E-state index contributed by atoms with van der Waals surface area (Å²) in [6.07, 6.45) is 0.714. The molecule has 0 amide bonds. The molecule has 1 fully saturated rings. The molecule has 1 aliphatic rings. The summed E-state index contributed by atoms with van der Waals surface area (Å²) >= 11 is 11.9. The molecule has 2 nitrogen and oxygen atoms in total. The van der Waals surface area contributed by atoms with Gasteiger partial charge in [0.2, 0.25) is 0 Å². The standard InChI is InChI=1S/C12H12Cl2O2/c1-7-8(5-6-16-7)12(15)9-3-2-4-10(13)11(9)14/h2-4,7-8H,5-6H2,1H3. The monoisotopic (exact) mass is 258 g/mol. The Morgan fingerprint density at radius 2 is 2.19 bits per heavy atom. The Labute approximate surface area is 104 Å². The fourth-order valence-electron chi connectivity index (χ4n) is 1.97. The lowest BCUT2D eigenvalue weighted by Gasteiger charge is -2.13. The Balaban J connectivity index is 2.30. The third kappa shape index (κ3) is 2.10. The third-order valence-corrected chi connectivity index (χ3v) is 3.75. The summed E-state index contributed by atoms with van der Waals surface area (Å²) in [6.45, 7) is 2.55. The van der Waals surface area contributed by atoms with Gasteiger partial charge in [0, 0.05) is 12.2 Å². The topological polar surface area (TPSA) is 26.3 Å². The smallest absolute Gasteiger partial charge is 0.170 e. The maximum absolute atomic E-state index is 12.2. The Morgan fingerprint density at radius 3 is 2.81 bits per heavy atom. The predicted molar refractivity (Wildman–Crippen MR) is 64.3 cm³/mol. The van der Waals surface area contributed by atoms with Crippen molar-refractivity contribution in [3.8, 4) is 0 Å². The summed E-state index contributed by atoms with van der Waals surface area (Å²) in [5.74, 6) is -0.0755. The van der Waals surface area contributed by atoms with Gasteiger partial charge in [0.05, 0.1) is 22.1 Å². The van der Waals surface area contributed by atoms with E-state index in [-0.39, 0.29) is 17.8 Å². The molecule has 1 aliphatic heterocycles. The molecular formula is C12H12Cl2O2. The zero-order valence-corrected chi connectivity index (χ0v) is 10.4. The van der Waals surface area contributed by atoms with Crippen LogP contribution in [0.4, 0.5) is 0 Å². The molecule has 1 aromatic rings. The first-order valence-corrected chi connectivity index (χ1v) is 5.96. The van der Waals surface area contributed by atoms with Crippen molar-refractivity contribution in [1.82, 2.24) is 0 Å². The van der Waals surface area contributed by atoms with Gasteiger partial charge in [0.15, 0.2) is 5.78 Å². The van der Waals surface area contributed by atoms with E-state index >= 15 is 0 Å². The normalized spacial score (nSPS) is 24.7. The molecule has 4 heteroatoms. The van der Waals surface area contributed by atoms with Gasteiger partial charge < -0.3 is 4.74 Å². The Bertz CT molecular complexity index is 417. The van der Waals surface area contributed by atoms with Crippen LogP contribution in [0.25, 0.3) is 0 Å². The highest BCUT2D eigenvalue weighted by Gasteiger charge is 2.32. The zero-order chi connectivity index (χ0) is 11.7. The number of ether oxygens (including phenoxy) is 1. The van der Waals surface area contributed by atoms with Crippen molar-refractivity contribution in [2.24, 2.45) is 5.92 Å². The second kappa shape index (κ2) is 4.74. The van der Waals surface area contributed by atoms with Gasteiger partial charge in [0.25, 0.3) is 0 Å². The molecule has 0 bridgehead atoms. The maximum Gasteiger partial charge on any atom is 0.170 e. The van der Waals surface area contributed by atoms with Crippen LogP contribution in [0, 0.1) is 5.92 Å². The molecule has 1 saturated heterocycles. The first kappa shape index (κ1) is 11.9. The van der Waals surface area contributed by atoms with Crippen molar-refractivity contribution in [2.75, 3.05) is 6.61 Å². The minimum atomic E-state index is -0.101. The van der Waals surface area contributed by atoms with E-state index in [9.17, 15) is 4.79 Å². The molecule has 1 aromatic carbocycles. The molecule has 0 aromatic heterocycles. The summed E-state index contributed by atoms with van der Waals surface area (Å²) in [5.41, 5.74) is 0.497. The van der Waals surface area contributed by atoms with Gasteiger partial charge in [0.1, 0.15) is 0 Å². The summed E-state index contributed by atoms with van der Waals surface area (Å²) < 4.78 is 5.38. The van der Waals surface area contributed by atoms with Crippen molar-refractivity contribution in [3.05, 3.63) is 33.8 Å². The number of carbonyl (C=O) groups is 1. The lowest BCUT2D eigenvalue weighted by Crippen LogP contribution is -2.22. The van der Waals surface area contributed by atoms with Gasteiger partial charge in [-0.2, -0.15) is 0 Å². The van der Waals surface area contributed by atoms with Crippen LogP contribution < -0.4 is 0 Å².